The number of hydrogen-bond acceptors (Lipinski definition) is 6. The average molecular weight is 476 g/mol. The molecule has 0 bridgehead atoms. The van der Waals surface area contributed by atoms with Crippen molar-refractivity contribution in [1.29, 1.82) is 0 Å². The van der Waals surface area contributed by atoms with Gasteiger partial charge in [0.1, 0.15) is 17.1 Å². The summed E-state index contributed by atoms with van der Waals surface area (Å²) < 4.78 is 75.3. The molecule has 0 saturated carbocycles. The summed E-state index contributed by atoms with van der Waals surface area (Å²) in [6.45, 7) is 0. The van der Waals surface area contributed by atoms with Gasteiger partial charge < -0.3 is 13.3 Å². The molecule has 33 heavy (non-hydrogen) atoms. The number of fused-ring (bicyclic) bond motifs is 1. The van der Waals surface area contributed by atoms with Crippen molar-refractivity contribution >= 4 is 21.1 Å². The van der Waals surface area contributed by atoms with E-state index in [1.807, 2.05) is 0 Å². The molecule has 6 nitrogen and oxygen atoms in total. The van der Waals surface area contributed by atoms with E-state index in [1.165, 1.54) is 19.2 Å². The Hall–Kier alpha value is -3.79. The molecule has 0 spiro atoms. The molecule has 0 fully saturated rings. The van der Waals surface area contributed by atoms with E-state index < -0.39 is 27.0 Å². The molecule has 0 amide bonds. The van der Waals surface area contributed by atoms with Crippen molar-refractivity contribution in [2.24, 2.45) is 0 Å². The van der Waals surface area contributed by atoms with Gasteiger partial charge in [-0.05, 0) is 35.4 Å². The Kier molecular flexibility index (Phi) is 5.62. The first kappa shape index (κ1) is 22.4. The molecule has 3 aromatic carbocycles. The molecule has 0 radical (unpaired) electrons. The van der Waals surface area contributed by atoms with Crippen LogP contribution < -0.4 is 14.5 Å². The first-order chi connectivity index (χ1) is 15.6. The maximum absolute atomic E-state index is 13.0. The topological polar surface area (TPSA) is 82.8 Å². The van der Waals surface area contributed by atoms with Crippen LogP contribution >= 0.6 is 0 Å². The van der Waals surface area contributed by atoms with Crippen LogP contribution in [0.2, 0.25) is 0 Å². The van der Waals surface area contributed by atoms with E-state index in [-0.39, 0.29) is 11.1 Å². The molecule has 1 aromatic heterocycles. The van der Waals surface area contributed by atoms with Crippen LogP contribution in [0.5, 0.6) is 11.5 Å². The minimum absolute atomic E-state index is 0.241. The normalized spacial score (nSPS) is 12.0. The van der Waals surface area contributed by atoms with Gasteiger partial charge in [-0.1, -0.05) is 42.5 Å². The van der Waals surface area contributed by atoms with Crippen LogP contribution in [0.3, 0.4) is 0 Å². The molecule has 4 aromatic rings. The number of methoxy groups -OCH3 is 1. The highest BCUT2D eigenvalue weighted by Crippen LogP contribution is 2.38. The molecule has 0 aliphatic heterocycles. The van der Waals surface area contributed by atoms with Crippen LogP contribution in [-0.4, -0.2) is 21.0 Å². The molecule has 4 rings (SSSR count). The van der Waals surface area contributed by atoms with Crippen molar-refractivity contribution < 1.29 is 34.9 Å². The van der Waals surface area contributed by atoms with Crippen LogP contribution in [0, 0.1) is 0 Å². The molecule has 10 heteroatoms. The lowest BCUT2D eigenvalue weighted by atomic mass is 9.93. The van der Waals surface area contributed by atoms with Crippen molar-refractivity contribution in [2.75, 3.05) is 7.11 Å². The number of halogens is 3. The van der Waals surface area contributed by atoms with Gasteiger partial charge in [0.2, 0.25) is 0 Å². The fourth-order valence-corrected chi connectivity index (χ4v) is 3.79. The predicted octanol–water partition coefficient (Wildman–Crippen LogP) is 5.36. The van der Waals surface area contributed by atoms with Crippen molar-refractivity contribution in [2.45, 2.75) is 5.51 Å². The third kappa shape index (κ3) is 4.29. The summed E-state index contributed by atoms with van der Waals surface area (Å²) in [7, 11) is -4.34. The second-order valence-corrected chi connectivity index (χ2v) is 8.41. The van der Waals surface area contributed by atoms with E-state index in [0.29, 0.717) is 27.8 Å². The van der Waals surface area contributed by atoms with E-state index in [0.717, 1.165) is 12.1 Å². The van der Waals surface area contributed by atoms with Crippen molar-refractivity contribution in [1.82, 2.24) is 0 Å². The molecule has 0 unspecified atom stereocenters. The third-order valence-electron chi connectivity index (χ3n) is 4.81. The lowest BCUT2D eigenvalue weighted by molar-refractivity contribution is -0.0500. The molecule has 0 aliphatic carbocycles. The zero-order valence-electron chi connectivity index (χ0n) is 16.9. The SMILES string of the molecule is COc1ccc2c(-c3ccc(OS(=O)(=O)C(F)(F)F)cc3)c(-c3ccccc3)c(=O)oc2c1. The Morgan fingerprint density at radius 2 is 1.42 bits per heavy atom. The monoisotopic (exact) mass is 476 g/mol. The summed E-state index contributed by atoms with van der Waals surface area (Å²) >= 11 is 0. The summed E-state index contributed by atoms with van der Waals surface area (Å²) in [4.78, 5) is 13.0. The van der Waals surface area contributed by atoms with E-state index >= 15 is 0 Å². The van der Waals surface area contributed by atoms with Crippen LogP contribution in [0.1, 0.15) is 0 Å². The first-order valence-electron chi connectivity index (χ1n) is 9.42. The van der Waals surface area contributed by atoms with Gasteiger partial charge in [-0.25, -0.2) is 4.79 Å². The maximum atomic E-state index is 13.0. The van der Waals surface area contributed by atoms with Gasteiger partial charge in [0.15, 0.2) is 0 Å². The average Bonchev–Trinajstić information content (AvgIpc) is 2.78. The van der Waals surface area contributed by atoms with Gasteiger partial charge in [-0.2, -0.15) is 21.6 Å². The molecule has 1 heterocycles. The highest BCUT2D eigenvalue weighted by molar-refractivity contribution is 7.88. The van der Waals surface area contributed by atoms with E-state index in [1.54, 1.807) is 48.5 Å². The molecular formula is C23H15F3O6S. The van der Waals surface area contributed by atoms with Crippen LogP contribution in [0.15, 0.2) is 82.0 Å². The van der Waals surface area contributed by atoms with Crippen LogP contribution in [0.25, 0.3) is 33.2 Å². The Bertz CT molecular complexity index is 1480. The molecule has 0 aliphatic rings. The molecule has 0 atom stereocenters. The largest absolute Gasteiger partial charge is 0.534 e. The fraction of sp³-hybridized carbons (Fsp3) is 0.0870. The zero-order chi connectivity index (χ0) is 23.8. The van der Waals surface area contributed by atoms with Crippen LogP contribution in [0.4, 0.5) is 13.2 Å². The van der Waals surface area contributed by atoms with Crippen molar-refractivity contribution in [3.05, 3.63) is 83.2 Å². The Labute approximate surface area is 185 Å². The predicted molar refractivity (Wildman–Crippen MR) is 116 cm³/mol. The minimum atomic E-state index is -5.81. The van der Waals surface area contributed by atoms with Gasteiger partial charge in [0.25, 0.3) is 0 Å². The van der Waals surface area contributed by atoms with Gasteiger partial charge in [-0.3, -0.25) is 0 Å². The number of benzene rings is 3. The van der Waals surface area contributed by atoms with Gasteiger partial charge in [0.05, 0.1) is 12.7 Å². The zero-order valence-corrected chi connectivity index (χ0v) is 17.7. The standard InChI is InChI=1S/C23H15F3O6S/c1-30-17-11-12-18-19(13-17)31-22(27)21(14-5-3-2-4-6-14)20(18)15-7-9-16(10-8-15)32-33(28,29)23(24,25)26/h2-13H,1H3. The molecule has 170 valence electrons. The lowest BCUT2D eigenvalue weighted by Gasteiger charge is -2.14. The summed E-state index contributed by atoms with van der Waals surface area (Å²) in [6, 6.07) is 18.5. The van der Waals surface area contributed by atoms with Gasteiger partial charge in [-0.15, -0.1) is 0 Å². The smallest absolute Gasteiger partial charge is 0.497 e. The number of hydrogen-bond donors (Lipinski definition) is 0. The Morgan fingerprint density at radius 1 is 0.818 bits per heavy atom. The summed E-state index contributed by atoms with van der Waals surface area (Å²) in [5.74, 6) is -0.0588. The fourth-order valence-electron chi connectivity index (χ4n) is 3.33. The van der Waals surface area contributed by atoms with Crippen LogP contribution in [-0.2, 0) is 10.1 Å². The Balaban J connectivity index is 1.91. The summed E-state index contributed by atoms with van der Waals surface area (Å²) in [5.41, 5.74) is -4.23. The summed E-state index contributed by atoms with van der Waals surface area (Å²) in [5, 5.41) is 0.547. The minimum Gasteiger partial charge on any atom is -0.497 e. The van der Waals surface area contributed by atoms with E-state index in [4.69, 9.17) is 9.15 Å². The highest BCUT2D eigenvalue weighted by Gasteiger charge is 2.48. The highest BCUT2D eigenvalue weighted by atomic mass is 32.2. The van der Waals surface area contributed by atoms with E-state index in [9.17, 15) is 26.4 Å². The molecule has 0 N–H and O–H groups in total. The quantitative estimate of drug-likeness (QED) is 0.219. The summed E-state index contributed by atoms with van der Waals surface area (Å²) in [6.07, 6.45) is 0. The molecule has 0 saturated heterocycles. The lowest BCUT2D eigenvalue weighted by Crippen LogP contribution is -2.28. The van der Waals surface area contributed by atoms with Gasteiger partial charge in [0, 0.05) is 17.0 Å². The number of alkyl halides is 3. The first-order valence-corrected chi connectivity index (χ1v) is 10.8. The second-order valence-electron chi connectivity index (χ2n) is 6.88. The van der Waals surface area contributed by atoms with Crippen molar-refractivity contribution in [3.8, 4) is 33.8 Å². The Morgan fingerprint density at radius 3 is 2.03 bits per heavy atom. The molecular weight excluding hydrogens is 461 g/mol. The van der Waals surface area contributed by atoms with Crippen molar-refractivity contribution in [3.63, 3.8) is 0 Å². The maximum Gasteiger partial charge on any atom is 0.534 e. The second kappa shape index (κ2) is 8.28. The number of ether oxygens (including phenoxy) is 1. The third-order valence-corrected chi connectivity index (χ3v) is 5.79. The number of rotatable bonds is 5. The van der Waals surface area contributed by atoms with Gasteiger partial charge >= 0.3 is 21.3 Å². The van der Waals surface area contributed by atoms with E-state index in [2.05, 4.69) is 4.18 Å².